The molecule has 0 radical (unpaired) electrons. The van der Waals surface area contributed by atoms with Gasteiger partial charge >= 0.3 is 5.69 Å². The third-order valence-electron chi connectivity index (χ3n) is 2.11. The molecule has 1 aromatic heterocycles. The van der Waals surface area contributed by atoms with Crippen LogP contribution in [0, 0.1) is 13.7 Å². The van der Waals surface area contributed by atoms with Gasteiger partial charge in [-0.25, -0.2) is 4.98 Å². The Morgan fingerprint density at radius 3 is 2.89 bits per heavy atom. The lowest BCUT2D eigenvalue weighted by Crippen LogP contribution is -2.11. The summed E-state index contributed by atoms with van der Waals surface area (Å²) in [4.78, 5) is 27.8. The molecule has 7 nitrogen and oxygen atoms in total. The number of nitro benzene ring substituents is 1. The quantitative estimate of drug-likeness (QED) is 0.491. The van der Waals surface area contributed by atoms with Gasteiger partial charge in [0.25, 0.3) is 5.56 Å². The van der Waals surface area contributed by atoms with Crippen LogP contribution in [0.3, 0.4) is 0 Å². The molecule has 0 aliphatic carbocycles. The van der Waals surface area contributed by atoms with Gasteiger partial charge in [-0.2, -0.15) is 0 Å². The van der Waals surface area contributed by atoms with Crippen LogP contribution in [0.5, 0.6) is 11.6 Å². The van der Waals surface area contributed by atoms with Gasteiger partial charge in [0.05, 0.1) is 16.3 Å². The number of halogens is 2. The van der Waals surface area contributed by atoms with Gasteiger partial charge in [0, 0.05) is 6.07 Å². The molecule has 0 aliphatic rings. The van der Waals surface area contributed by atoms with Crippen molar-refractivity contribution in [1.29, 1.82) is 0 Å². The van der Waals surface area contributed by atoms with Crippen LogP contribution in [0.4, 0.5) is 5.69 Å². The van der Waals surface area contributed by atoms with E-state index in [9.17, 15) is 14.9 Å². The van der Waals surface area contributed by atoms with E-state index >= 15 is 0 Å². The minimum absolute atomic E-state index is 0.0412. The summed E-state index contributed by atoms with van der Waals surface area (Å²) in [5.74, 6) is -0.189. The third kappa shape index (κ3) is 2.84. The van der Waals surface area contributed by atoms with Crippen molar-refractivity contribution in [2.24, 2.45) is 0 Å². The average Bonchev–Trinajstić information content (AvgIpc) is 2.36. The first kappa shape index (κ1) is 13.7. The summed E-state index contributed by atoms with van der Waals surface area (Å²) in [6, 6.07) is 4.13. The first-order valence-corrected chi connectivity index (χ1v) is 6.30. The third-order valence-corrected chi connectivity index (χ3v) is 3.36. The number of hydrogen-bond acceptors (Lipinski definition) is 5. The summed E-state index contributed by atoms with van der Waals surface area (Å²) in [5, 5.41) is 11.0. The Labute approximate surface area is 124 Å². The molecule has 9 heteroatoms. The monoisotopic (exact) mass is 393 g/mol. The van der Waals surface area contributed by atoms with Crippen molar-refractivity contribution >= 4 is 39.9 Å². The normalized spacial score (nSPS) is 10.2. The van der Waals surface area contributed by atoms with E-state index in [1.165, 1.54) is 18.2 Å². The highest BCUT2D eigenvalue weighted by Gasteiger charge is 2.21. The van der Waals surface area contributed by atoms with Gasteiger partial charge in [-0.15, -0.1) is 0 Å². The molecule has 19 heavy (non-hydrogen) atoms. The number of hydrogen-bond donors (Lipinski definition) is 1. The highest BCUT2D eigenvalue weighted by atomic mass is 127. The zero-order chi connectivity index (χ0) is 14.0. The van der Waals surface area contributed by atoms with Gasteiger partial charge in [-0.05, 0) is 28.7 Å². The van der Waals surface area contributed by atoms with E-state index in [-0.39, 0.29) is 25.9 Å². The summed E-state index contributed by atoms with van der Waals surface area (Å²) >= 11 is 7.60. The highest BCUT2D eigenvalue weighted by molar-refractivity contribution is 14.1. The predicted molar refractivity (Wildman–Crippen MR) is 75.8 cm³/mol. The number of benzene rings is 1. The largest absolute Gasteiger partial charge is 0.429 e. The maximum atomic E-state index is 11.4. The number of rotatable bonds is 3. The summed E-state index contributed by atoms with van der Waals surface area (Å²) in [7, 11) is 0. The van der Waals surface area contributed by atoms with E-state index in [0.717, 1.165) is 6.33 Å². The van der Waals surface area contributed by atoms with Crippen molar-refractivity contribution in [3.63, 3.8) is 0 Å². The molecule has 1 aromatic carbocycles. The van der Waals surface area contributed by atoms with Gasteiger partial charge in [-0.3, -0.25) is 14.9 Å². The van der Waals surface area contributed by atoms with E-state index in [4.69, 9.17) is 16.3 Å². The van der Waals surface area contributed by atoms with Crippen LogP contribution in [0.15, 0.2) is 29.3 Å². The second kappa shape index (κ2) is 5.53. The van der Waals surface area contributed by atoms with Gasteiger partial charge in [0.1, 0.15) is 3.57 Å². The summed E-state index contributed by atoms with van der Waals surface area (Å²) in [6.45, 7) is 0. The maximum Gasteiger partial charge on any atom is 0.313 e. The highest BCUT2D eigenvalue weighted by Crippen LogP contribution is 2.37. The summed E-state index contributed by atoms with van der Waals surface area (Å²) in [6.07, 6.45) is 1.14. The molecule has 0 aliphatic heterocycles. The number of para-hydroxylation sites is 1. The van der Waals surface area contributed by atoms with Crippen LogP contribution < -0.4 is 10.3 Å². The van der Waals surface area contributed by atoms with Crippen molar-refractivity contribution in [3.05, 3.63) is 53.6 Å². The summed E-state index contributed by atoms with van der Waals surface area (Å²) in [5.41, 5.74) is -0.703. The van der Waals surface area contributed by atoms with E-state index in [1.54, 1.807) is 22.6 Å². The fourth-order valence-corrected chi connectivity index (χ4v) is 1.89. The van der Waals surface area contributed by atoms with Crippen LogP contribution in [0.2, 0.25) is 5.02 Å². The predicted octanol–water partition coefficient (Wildman–Crippen LogP) is 2.73. The molecule has 0 saturated carbocycles. The van der Waals surface area contributed by atoms with E-state index in [0.29, 0.717) is 0 Å². The fraction of sp³-hybridized carbons (Fsp3) is 0. The van der Waals surface area contributed by atoms with Gasteiger partial charge in [0.15, 0.2) is 0 Å². The molecule has 1 heterocycles. The van der Waals surface area contributed by atoms with Gasteiger partial charge < -0.3 is 9.72 Å². The Morgan fingerprint density at radius 1 is 1.47 bits per heavy atom. The van der Waals surface area contributed by atoms with Crippen LogP contribution in [0.1, 0.15) is 0 Å². The Morgan fingerprint density at radius 2 is 2.21 bits per heavy atom. The molecule has 0 bridgehead atoms. The molecule has 0 fully saturated rings. The first-order valence-electron chi connectivity index (χ1n) is 4.84. The number of nitro groups is 1. The van der Waals surface area contributed by atoms with Crippen molar-refractivity contribution in [2.75, 3.05) is 0 Å². The standard InChI is InChI=1S/C10H5ClIN3O4/c11-5-2-1-3-6(15(17)18)8(5)19-10-7(12)9(16)13-4-14-10/h1-4H,(H,13,14,16). The number of aromatic amines is 1. The average molecular weight is 394 g/mol. The SMILES string of the molecule is O=c1[nH]cnc(Oc2c(Cl)cccc2[N+](=O)[O-])c1I. The smallest absolute Gasteiger partial charge is 0.313 e. The van der Waals surface area contributed by atoms with Crippen LogP contribution >= 0.6 is 34.2 Å². The fourth-order valence-electron chi connectivity index (χ4n) is 1.28. The molecule has 2 aromatic rings. The van der Waals surface area contributed by atoms with Crippen LogP contribution in [-0.2, 0) is 0 Å². The second-order valence-electron chi connectivity index (χ2n) is 3.30. The lowest BCUT2D eigenvalue weighted by Gasteiger charge is -2.07. The number of H-pyrrole nitrogens is 1. The molecule has 0 unspecified atom stereocenters. The second-order valence-corrected chi connectivity index (χ2v) is 4.78. The molecular weight excluding hydrogens is 388 g/mol. The number of nitrogens with one attached hydrogen (secondary N) is 1. The molecule has 0 atom stereocenters. The van der Waals surface area contributed by atoms with Gasteiger partial charge in [0.2, 0.25) is 11.6 Å². The minimum Gasteiger partial charge on any atom is -0.429 e. The minimum atomic E-state index is -0.624. The van der Waals surface area contributed by atoms with Crippen LogP contribution in [-0.4, -0.2) is 14.9 Å². The molecule has 98 valence electrons. The Balaban J connectivity index is 2.52. The Hall–Kier alpha value is -1.68. The molecular formula is C10H5ClIN3O4. The molecule has 2 rings (SSSR count). The molecule has 0 amide bonds. The van der Waals surface area contributed by atoms with Crippen molar-refractivity contribution in [2.45, 2.75) is 0 Å². The van der Waals surface area contributed by atoms with Gasteiger partial charge in [-0.1, -0.05) is 17.7 Å². The zero-order valence-corrected chi connectivity index (χ0v) is 12.0. The Bertz CT molecular complexity index is 703. The van der Waals surface area contributed by atoms with E-state index < -0.39 is 10.5 Å². The van der Waals surface area contributed by atoms with E-state index in [2.05, 4.69) is 9.97 Å². The molecule has 1 N–H and O–H groups in total. The Kier molecular flexibility index (Phi) is 4.00. The topological polar surface area (TPSA) is 98.1 Å². The summed E-state index contributed by atoms with van der Waals surface area (Å²) < 4.78 is 5.48. The maximum absolute atomic E-state index is 11.4. The lowest BCUT2D eigenvalue weighted by atomic mass is 10.3. The lowest BCUT2D eigenvalue weighted by molar-refractivity contribution is -0.385. The zero-order valence-electron chi connectivity index (χ0n) is 9.09. The molecule has 0 saturated heterocycles. The number of aromatic nitrogens is 2. The van der Waals surface area contributed by atoms with E-state index in [1.807, 2.05) is 0 Å². The van der Waals surface area contributed by atoms with Crippen LogP contribution in [0.25, 0.3) is 0 Å². The van der Waals surface area contributed by atoms with Crippen molar-refractivity contribution in [1.82, 2.24) is 9.97 Å². The number of nitrogens with zero attached hydrogens (tertiary/aromatic N) is 2. The number of ether oxygens (including phenoxy) is 1. The first-order chi connectivity index (χ1) is 9.00. The van der Waals surface area contributed by atoms with Crippen molar-refractivity contribution < 1.29 is 9.66 Å². The molecule has 0 spiro atoms. The van der Waals surface area contributed by atoms with Crippen molar-refractivity contribution in [3.8, 4) is 11.6 Å².